The molecule has 2 amide bonds. The van der Waals surface area contributed by atoms with Gasteiger partial charge in [-0.3, -0.25) is 0 Å². The molecule has 2 N–H and O–H groups in total. The zero-order valence-electron chi connectivity index (χ0n) is 13.2. The van der Waals surface area contributed by atoms with Crippen LogP contribution in [0.3, 0.4) is 0 Å². The molecule has 26 heavy (non-hydrogen) atoms. The molecule has 1 aromatic carbocycles. The van der Waals surface area contributed by atoms with E-state index in [1.54, 1.807) is 0 Å². The van der Waals surface area contributed by atoms with Gasteiger partial charge in [0.15, 0.2) is 0 Å². The van der Waals surface area contributed by atoms with Crippen LogP contribution in [0, 0.1) is 5.41 Å². The van der Waals surface area contributed by atoms with E-state index in [-0.39, 0.29) is 19.3 Å². The summed E-state index contributed by atoms with van der Waals surface area (Å²) >= 11 is 0. The summed E-state index contributed by atoms with van der Waals surface area (Å²) in [5, 5.41) is 4.35. The van der Waals surface area contributed by atoms with E-state index >= 15 is 0 Å². The van der Waals surface area contributed by atoms with Crippen LogP contribution in [-0.2, 0) is 6.18 Å². The number of benzene rings is 1. The highest BCUT2D eigenvalue weighted by Crippen LogP contribution is 2.69. The van der Waals surface area contributed by atoms with Gasteiger partial charge in [-0.1, -0.05) is 12.1 Å². The van der Waals surface area contributed by atoms with E-state index in [0.29, 0.717) is 6.07 Å². The third-order valence-electron chi connectivity index (χ3n) is 5.02. The molecule has 3 aliphatic carbocycles. The Morgan fingerprint density at radius 2 is 1.69 bits per heavy atom. The third kappa shape index (κ3) is 3.21. The number of hydrogen-bond donors (Lipinski definition) is 2. The average molecular weight is 384 g/mol. The van der Waals surface area contributed by atoms with Crippen molar-refractivity contribution < 1.29 is 35.5 Å². The first-order valence-electron chi connectivity index (χ1n) is 7.79. The molecule has 4 rings (SSSR count). The summed E-state index contributed by atoms with van der Waals surface area (Å²) in [7, 11) is 0. The van der Waals surface area contributed by atoms with Crippen LogP contribution >= 0.6 is 0 Å². The van der Waals surface area contributed by atoms with Gasteiger partial charge >= 0.3 is 12.2 Å². The Morgan fingerprint density at radius 3 is 2.19 bits per heavy atom. The van der Waals surface area contributed by atoms with Crippen molar-refractivity contribution in [3.05, 3.63) is 35.4 Å². The molecule has 0 spiro atoms. The van der Waals surface area contributed by atoms with Crippen molar-refractivity contribution in [3.63, 3.8) is 0 Å². The Morgan fingerprint density at radius 1 is 1.08 bits per heavy atom. The normalized spacial score (nSPS) is 28.3. The van der Waals surface area contributed by atoms with Gasteiger partial charge in [0.2, 0.25) is 6.43 Å². The fourth-order valence-corrected chi connectivity index (χ4v) is 3.85. The Labute approximate surface area is 143 Å². The molecule has 3 nitrogen and oxygen atoms in total. The Bertz CT molecular complexity index is 684. The minimum absolute atomic E-state index is 0.0635. The number of hydrogen-bond acceptors (Lipinski definition) is 1. The van der Waals surface area contributed by atoms with Crippen LogP contribution in [0.5, 0.6) is 0 Å². The van der Waals surface area contributed by atoms with Crippen molar-refractivity contribution in [2.24, 2.45) is 5.41 Å². The molecule has 1 aromatic rings. The van der Waals surface area contributed by atoms with Crippen LogP contribution in [0.15, 0.2) is 24.3 Å². The second-order valence-electron chi connectivity index (χ2n) is 7.01. The lowest BCUT2D eigenvalue weighted by molar-refractivity contribution is -0.223. The fourth-order valence-electron chi connectivity index (χ4n) is 3.85. The van der Waals surface area contributed by atoms with E-state index in [4.69, 9.17) is 0 Å². The molecule has 3 saturated carbocycles. The standard InChI is InChI=1S/C16H15F7N2O/c17-11(18)10(8-2-1-3-9(4-8)16(21,22)23)24-13(26)25-15-5-14(6-15,7-15)12(19)20/h1-4,10-12H,5-7H2,(H2,24,25,26). The summed E-state index contributed by atoms with van der Waals surface area (Å²) in [4.78, 5) is 12.0. The van der Waals surface area contributed by atoms with Gasteiger partial charge in [-0.05, 0) is 37.0 Å². The lowest BCUT2D eigenvalue weighted by Crippen LogP contribution is -2.77. The number of amides is 2. The highest BCUT2D eigenvalue weighted by Gasteiger charge is 2.72. The van der Waals surface area contributed by atoms with Gasteiger partial charge in [0.1, 0.15) is 6.04 Å². The molecule has 3 fully saturated rings. The molecular weight excluding hydrogens is 369 g/mol. The summed E-state index contributed by atoms with van der Waals surface area (Å²) in [5.41, 5.74) is -3.44. The summed E-state index contributed by atoms with van der Waals surface area (Å²) in [6, 6.07) is 0.338. The highest BCUT2D eigenvalue weighted by atomic mass is 19.4. The average Bonchev–Trinajstić information content (AvgIpc) is 2.45. The summed E-state index contributed by atoms with van der Waals surface area (Å²) < 4.78 is 90.2. The summed E-state index contributed by atoms with van der Waals surface area (Å²) in [6.45, 7) is 0. The van der Waals surface area contributed by atoms with E-state index in [0.717, 1.165) is 18.2 Å². The van der Waals surface area contributed by atoms with Gasteiger partial charge in [0, 0.05) is 11.0 Å². The minimum atomic E-state index is -4.71. The Balaban J connectivity index is 1.66. The van der Waals surface area contributed by atoms with Crippen LogP contribution in [0.1, 0.15) is 36.4 Å². The molecule has 0 saturated heterocycles. The van der Waals surface area contributed by atoms with Crippen LogP contribution in [-0.4, -0.2) is 24.4 Å². The van der Waals surface area contributed by atoms with Gasteiger partial charge in [0.05, 0.1) is 5.56 Å². The maximum atomic E-state index is 13.3. The molecule has 0 aliphatic heterocycles. The molecule has 3 aliphatic rings. The summed E-state index contributed by atoms with van der Waals surface area (Å²) in [5.74, 6) is 0. The minimum Gasteiger partial charge on any atom is -0.333 e. The molecule has 144 valence electrons. The van der Waals surface area contributed by atoms with Crippen LogP contribution in [0.4, 0.5) is 35.5 Å². The Kier molecular flexibility index (Phi) is 4.35. The molecular formula is C16H15F7N2O. The zero-order chi connectivity index (χ0) is 19.3. The number of rotatable bonds is 5. The highest BCUT2D eigenvalue weighted by molar-refractivity contribution is 5.76. The predicted molar refractivity (Wildman–Crippen MR) is 76.9 cm³/mol. The van der Waals surface area contributed by atoms with Gasteiger partial charge in [-0.15, -0.1) is 0 Å². The molecule has 10 heteroatoms. The maximum Gasteiger partial charge on any atom is 0.416 e. The molecule has 0 heterocycles. The number of halogens is 7. The molecule has 0 aromatic heterocycles. The second kappa shape index (κ2) is 6.02. The topological polar surface area (TPSA) is 41.1 Å². The van der Waals surface area contributed by atoms with Crippen molar-refractivity contribution in [2.75, 3.05) is 0 Å². The molecule has 1 unspecified atom stereocenters. The number of carbonyl (C=O) groups is 1. The number of carbonyl (C=O) groups excluding carboxylic acids is 1. The van der Waals surface area contributed by atoms with Crippen LogP contribution in [0.2, 0.25) is 0 Å². The van der Waals surface area contributed by atoms with E-state index in [9.17, 15) is 35.5 Å². The van der Waals surface area contributed by atoms with Gasteiger partial charge in [-0.25, -0.2) is 22.4 Å². The van der Waals surface area contributed by atoms with Crippen molar-refractivity contribution in [1.82, 2.24) is 10.6 Å². The van der Waals surface area contributed by atoms with Gasteiger partial charge in [-0.2, -0.15) is 13.2 Å². The first-order valence-corrected chi connectivity index (χ1v) is 7.79. The van der Waals surface area contributed by atoms with Crippen molar-refractivity contribution >= 4 is 6.03 Å². The molecule has 0 radical (unpaired) electrons. The number of nitrogens with one attached hydrogen (secondary N) is 2. The van der Waals surface area contributed by atoms with Crippen LogP contribution in [0.25, 0.3) is 0 Å². The van der Waals surface area contributed by atoms with Crippen molar-refractivity contribution in [3.8, 4) is 0 Å². The maximum absolute atomic E-state index is 13.3. The van der Waals surface area contributed by atoms with Gasteiger partial charge in [0.25, 0.3) is 6.43 Å². The number of alkyl halides is 7. The quantitative estimate of drug-likeness (QED) is 0.722. The fraction of sp³-hybridized carbons (Fsp3) is 0.562. The largest absolute Gasteiger partial charge is 0.416 e. The molecule has 1 atom stereocenters. The van der Waals surface area contributed by atoms with Crippen molar-refractivity contribution in [1.29, 1.82) is 0 Å². The van der Waals surface area contributed by atoms with Crippen molar-refractivity contribution in [2.45, 2.75) is 49.9 Å². The lowest BCUT2D eigenvalue weighted by atomic mass is 9.39. The van der Waals surface area contributed by atoms with E-state index < -0.39 is 53.2 Å². The molecule has 2 bridgehead atoms. The Hall–Kier alpha value is -2.00. The monoisotopic (exact) mass is 384 g/mol. The first-order chi connectivity index (χ1) is 12.0. The SMILES string of the molecule is O=C(NC(c1cccc(C(F)(F)F)c1)C(F)F)NC12CC(C(F)F)(C1)C2. The lowest BCUT2D eigenvalue weighted by Gasteiger charge is -2.69. The van der Waals surface area contributed by atoms with Crippen LogP contribution < -0.4 is 10.6 Å². The number of urea groups is 1. The second-order valence-corrected chi connectivity index (χ2v) is 7.01. The zero-order valence-corrected chi connectivity index (χ0v) is 13.2. The van der Waals surface area contributed by atoms with E-state index in [1.807, 2.05) is 5.32 Å². The van der Waals surface area contributed by atoms with E-state index in [1.165, 1.54) is 0 Å². The summed E-state index contributed by atoms with van der Waals surface area (Å²) in [6.07, 6.45) is -10.2. The van der Waals surface area contributed by atoms with Gasteiger partial charge < -0.3 is 10.6 Å². The third-order valence-corrected chi connectivity index (χ3v) is 5.02. The first kappa shape index (κ1) is 18.8. The van der Waals surface area contributed by atoms with E-state index in [2.05, 4.69) is 5.32 Å². The predicted octanol–water partition coefficient (Wildman–Crippen LogP) is 4.50. The smallest absolute Gasteiger partial charge is 0.333 e.